The summed E-state index contributed by atoms with van der Waals surface area (Å²) in [4.78, 5) is 12.5. The van der Waals surface area contributed by atoms with Crippen LogP contribution in [0.3, 0.4) is 0 Å². The molecule has 0 saturated carbocycles. The van der Waals surface area contributed by atoms with Gasteiger partial charge in [-0.05, 0) is 30.3 Å². The second kappa shape index (κ2) is 8.54. The smallest absolute Gasteiger partial charge is 0.209 e. The third-order valence-corrected chi connectivity index (χ3v) is 4.36. The molecule has 0 saturated heterocycles. The fraction of sp³-hybridized carbons (Fsp3) is 0. The Balaban J connectivity index is 1.72. The molecule has 2 N–H and O–H groups in total. The lowest BCUT2D eigenvalue weighted by Crippen LogP contribution is -2.19. The predicted molar refractivity (Wildman–Crippen MR) is 114 cm³/mol. The maximum atomic E-state index is 14.8. The summed E-state index contributed by atoms with van der Waals surface area (Å²) in [7, 11) is 0. The van der Waals surface area contributed by atoms with Gasteiger partial charge in [0, 0.05) is 30.2 Å². The molecule has 0 fully saturated rings. The van der Waals surface area contributed by atoms with E-state index < -0.39 is 17.1 Å². The Bertz CT molecular complexity index is 1330. The van der Waals surface area contributed by atoms with Gasteiger partial charge in [-0.3, -0.25) is 4.79 Å². The number of hydrogen-bond acceptors (Lipinski definition) is 5. The number of rotatable bonds is 6. The molecule has 2 aromatic carbocycles. The number of halogens is 2. The minimum Gasteiger partial charge on any atom is -0.354 e. The van der Waals surface area contributed by atoms with Crippen LogP contribution in [0, 0.1) is 17.0 Å². The molecule has 0 radical (unpaired) electrons. The van der Waals surface area contributed by atoms with Crippen LogP contribution in [0.1, 0.15) is 5.69 Å². The zero-order valence-corrected chi connectivity index (χ0v) is 16.0. The van der Waals surface area contributed by atoms with E-state index in [1.165, 1.54) is 39.8 Å². The summed E-state index contributed by atoms with van der Waals surface area (Å²) in [5.41, 5.74) is 1.05. The first-order chi connectivity index (χ1) is 15.0. The average Bonchev–Trinajstić information content (AvgIpc) is 3.21. The first-order valence-corrected chi connectivity index (χ1v) is 9.19. The maximum Gasteiger partial charge on any atom is 0.209 e. The van der Waals surface area contributed by atoms with Gasteiger partial charge in [0.05, 0.1) is 23.8 Å². The van der Waals surface area contributed by atoms with Crippen molar-refractivity contribution in [3.63, 3.8) is 0 Å². The van der Waals surface area contributed by atoms with Crippen molar-refractivity contribution in [2.45, 2.75) is 0 Å². The summed E-state index contributed by atoms with van der Waals surface area (Å²) in [6.07, 6.45) is 5.93. The summed E-state index contributed by atoms with van der Waals surface area (Å²) in [5, 5.41) is 18.5. The highest BCUT2D eigenvalue weighted by Gasteiger charge is 2.13. The highest BCUT2D eigenvalue weighted by molar-refractivity contribution is 5.86. The second-order valence-corrected chi connectivity index (χ2v) is 6.45. The molecule has 0 aliphatic heterocycles. The fourth-order valence-corrected chi connectivity index (χ4v) is 2.93. The van der Waals surface area contributed by atoms with Gasteiger partial charge in [0.1, 0.15) is 5.69 Å². The van der Waals surface area contributed by atoms with Gasteiger partial charge in [-0.1, -0.05) is 18.2 Å². The van der Waals surface area contributed by atoms with Crippen molar-refractivity contribution >= 4 is 17.6 Å². The minimum atomic E-state index is -0.635. The van der Waals surface area contributed by atoms with E-state index in [2.05, 4.69) is 15.5 Å². The molecule has 4 rings (SSSR count). The van der Waals surface area contributed by atoms with Crippen molar-refractivity contribution in [3.8, 4) is 11.4 Å². The van der Waals surface area contributed by atoms with Gasteiger partial charge in [0.15, 0.2) is 17.3 Å². The molecule has 0 bridgehead atoms. The van der Waals surface area contributed by atoms with Crippen LogP contribution in [0.25, 0.3) is 17.1 Å². The largest absolute Gasteiger partial charge is 0.354 e. The zero-order valence-electron chi connectivity index (χ0n) is 16.0. The summed E-state index contributed by atoms with van der Waals surface area (Å²) < 4.78 is 30.4. The van der Waals surface area contributed by atoms with Crippen molar-refractivity contribution < 1.29 is 8.78 Å². The lowest BCUT2D eigenvalue weighted by molar-refractivity contribution is 0.605. The molecule has 0 amide bonds. The van der Waals surface area contributed by atoms with Crippen molar-refractivity contribution in [2.24, 2.45) is 0 Å². The van der Waals surface area contributed by atoms with E-state index in [1.54, 1.807) is 18.2 Å². The van der Waals surface area contributed by atoms with Crippen molar-refractivity contribution in [1.29, 1.82) is 5.41 Å². The summed E-state index contributed by atoms with van der Waals surface area (Å²) >= 11 is 0. The number of nitrogens with zero attached hydrogens (tertiary/aromatic N) is 4. The zero-order chi connectivity index (χ0) is 21.8. The summed E-state index contributed by atoms with van der Waals surface area (Å²) in [6.45, 7) is 0. The van der Waals surface area contributed by atoms with E-state index >= 15 is 0 Å². The van der Waals surface area contributed by atoms with E-state index in [-0.39, 0.29) is 11.4 Å². The molecule has 0 atom stereocenters. The second-order valence-electron chi connectivity index (χ2n) is 6.45. The number of aromatic nitrogens is 4. The highest BCUT2D eigenvalue weighted by atomic mass is 19.1. The molecule has 2 aromatic heterocycles. The molecular weight excluding hydrogens is 402 g/mol. The number of para-hydroxylation sites is 1. The molecule has 7 nitrogen and oxygen atoms in total. The minimum absolute atomic E-state index is 0.0208. The molecule has 0 unspecified atom stereocenters. The molecule has 154 valence electrons. The molecule has 9 heteroatoms. The van der Waals surface area contributed by atoms with Gasteiger partial charge < -0.3 is 10.7 Å². The van der Waals surface area contributed by atoms with E-state index in [4.69, 9.17) is 5.41 Å². The molecule has 0 aliphatic carbocycles. The SMILES string of the molecule is N=C/C=C(\Nc1ccccc1)c1nn(-c2ccc(-n3cc(F)cn3)cc2F)ccc1=O. The first-order valence-electron chi connectivity index (χ1n) is 9.19. The Hall–Kier alpha value is -4.40. The first kappa shape index (κ1) is 19.9. The Morgan fingerprint density at radius 2 is 1.87 bits per heavy atom. The van der Waals surface area contributed by atoms with Gasteiger partial charge >= 0.3 is 0 Å². The Morgan fingerprint density at radius 1 is 1.06 bits per heavy atom. The molecule has 2 heterocycles. The van der Waals surface area contributed by atoms with E-state index in [9.17, 15) is 13.6 Å². The highest BCUT2D eigenvalue weighted by Crippen LogP contribution is 2.19. The van der Waals surface area contributed by atoms with Crippen molar-refractivity contribution in [2.75, 3.05) is 5.32 Å². The fourth-order valence-electron chi connectivity index (χ4n) is 2.93. The molecule has 0 spiro atoms. The van der Waals surface area contributed by atoms with E-state index in [1.807, 2.05) is 18.2 Å². The summed E-state index contributed by atoms with van der Waals surface area (Å²) in [6, 6.07) is 14.6. The Kier molecular flexibility index (Phi) is 5.48. The maximum absolute atomic E-state index is 14.8. The molecular formula is C22H16F2N6O. The van der Waals surface area contributed by atoms with Crippen LogP contribution in [0.5, 0.6) is 0 Å². The van der Waals surface area contributed by atoms with Gasteiger partial charge in [-0.15, -0.1) is 0 Å². The predicted octanol–water partition coefficient (Wildman–Crippen LogP) is 3.80. The van der Waals surface area contributed by atoms with Crippen LogP contribution >= 0.6 is 0 Å². The van der Waals surface area contributed by atoms with Crippen LogP contribution in [0.2, 0.25) is 0 Å². The van der Waals surface area contributed by atoms with Gasteiger partial charge in [-0.2, -0.15) is 10.2 Å². The average molecular weight is 418 g/mol. The van der Waals surface area contributed by atoms with Crippen molar-refractivity contribution in [3.05, 3.63) is 107 Å². The van der Waals surface area contributed by atoms with Crippen LogP contribution in [-0.4, -0.2) is 25.8 Å². The van der Waals surface area contributed by atoms with Crippen LogP contribution in [-0.2, 0) is 0 Å². The molecule has 0 aliphatic rings. The van der Waals surface area contributed by atoms with Gasteiger partial charge in [-0.25, -0.2) is 18.1 Å². The van der Waals surface area contributed by atoms with E-state index in [0.717, 1.165) is 18.6 Å². The monoisotopic (exact) mass is 418 g/mol. The number of benzene rings is 2. The number of nitrogens with one attached hydrogen (secondary N) is 2. The molecule has 31 heavy (non-hydrogen) atoms. The summed E-state index contributed by atoms with van der Waals surface area (Å²) in [5.74, 6) is -1.17. The third-order valence-electron chi connectivity index (χ3n) is 4.36. The normalized spacial score (nSPS) is 11.4. The van der Waals surface area contributed by atoms with E-state index in [0.29, 0.717) is 17.1 Å². The third kappa shape index (κ3) is 4.30. The van der Waals surface area contributed by atoms with Gasteiger partial charge in [0.25, 0.3) is 0 Å². The quantitative estimate of drug-likeness (QED) is 0.466. The topological polar surface area (TPSA) is 88.6 Å². The van der Waals surface area contributed by atoms with Crippen LogP contribution in [0.4, 0.5) is 14.5 Å². The number of hydrogen-bond donors (Lipinski definition) is 2. The number of anilines is 1. The van der Waals surface area contributed by atoms with Crippen LogP contribution < -0.4 is 10.7 Å². The Morgan fingerprint density at radius 3 is 2.55 bits per heavy atom. The lowest BCUT2D eigenvalue weighted by atomic mass is 10.2. The van der Waals surface area contributed by atoms with Gasteiger partial charge in [0.2, 0.25) is 5.43 Å². The molecule has 4 aromatic rings. The Labute approximate surface area is 175 Å². The van der Waals surface area contributed by atoms with Crippen molar-refractivity contribution in [1.82, 2.24) is 19.6 Å². The lowest BCUT2D eigenvalue weighted by Gasteiger charge is -2.13. The van der Waals surface area contributed by atoms with Crippen LogP contribution in [0.15, 0.2) is 84.1 Å². The number of allylic oxidation sites excluding steroid dienone is 1. The standard InChI is InChI=1S/C22H16F2N6O/c23-15-13-26-30(14-15)17-6-7-20(18(24)12-17)29-11-9-21(31)22(28-29)19(8-10-25)27-16-4-2-1-3-5-16/h1-14,25,27H/b19-8-,25-10?.